The third-order valence-corrected chi connectivity index (χ3v) is 7.00. The first-order chi connectivity index (χ1) is 17.5. The van der Waals surface area contributed by atoms with Crippen LogP contribution in [0.2, 0.25) is 0 Å². The molecule has 1 saturated carbocycles. The van der Waals surface area contributed by atoms with E-state index in [-0.39, 0.29) is 17.1 Å². The molecule has 0 spiro atoms. The summed E-state index contributed by atoms with van der Waals surface area (Å²) in [5, 5.41) is 15.7. The molecule has 3 aromatic heterocycles. The fourth-order valence-electron chi connectivity index (χ4n) is 5.07. The Morgan fingerprint density at radius 1 is 1.11 bits per heavy atom. The molecule has 1 aliphatic heterocycles. The molecule has 10 heteroatoms. The van der Waals surface area contributed by atoms with Gasteiger partial charge in [-0.2, -0.15) is 9.49 Å². The first kappa shape index (κ1) is 22.7. The average Bonchev–Trinajstić information content (AvgIpc) is 3.62. The highest BCUT2D eigenvalue weighted by Crippen LogP contribution is 2.33. The summed E-state index contributed by atoms with van der Waals surface area (Å²) in [4.78, 5) is 19.9. The van der Waals surface area contributed by atoms with Crippen molar-refractivity contribution in [2.24, 2.45) is 0 Å². The molecule has 186 valence electrons. The third-order valence-electron chi connectivity index (χ3n) is 7.00. The first-order valence-corrected chi connectivity index (χ1v) is 12.3. The summed E-state index contributed by atoms with van der Waals surface area (Å²) in [7, 11) is 1.36. The molecule has 9 nitrogen and oxygen atoms in total. The van der Waals surface area contributed by atoms with Gasteiger partial charge in [0.15, 0.2) is 11.4 Å². The topological polar surface area (TPSA) is 96.7 Å². The van der Waals surface area contributed by atoms with Crippen molar-refractivity contribution in [1.82, 2.24) is 24.9 Å². The van der Waals surface area contributed by atoms with E-state index >= 15 is 4.39 Å². The van der Waals surface area contributed by atoms with E-state index in [0.717, 1.165) is 37.0 Å². The molecule has 36 heavy (non-hydrogen) atoms. The van der Waals surface area contributed by atoms with Crippen LogP contribution in [-0.4, -0.2) is 57.8 Å². The predicted octanol–water partition coefficient (Wildman–Crippen LogP) is 3.71. The van der Waals surface area contributed by atoms with Gasteiger partial charge in [-0.25, -0.2) is 4.98 Å². The largest absolute Gasteiger partial charge is 0.491 e. The Morgan fingerprint density at radius 3 is 2.64 bits per heavy atom. The van der Waals surface area contributed by atoms with Crippen molar-refractivity contribution < 1.29 is 13.9 Å². The van der Waals surface area contributed by atoms with Gasteiger partial charge in [-0.1, -0.05) is 0 Å². The van der Waals surface area contributed by atoms with Crippen molar-refractivity contribution in [3.8, 4) is 5.75 Å². The lowest BCUT2D eigenvalue weighted by Crippen LogP contribution is -2.43. The van der Waals surface area contributed by atoms with Gasteiger partial charge >= 0.3 is 0 Å². The number of ether oxygens (including phenoxy) is 1. The number of nitrogens with one attached hydrogen (secondary N) is 2. The van der Waals surface area contributed by atoms with Gasteiger partial charge in [0.05, 0.1) is 24.6 Å². The van der Waals surface area contributed by atoms with Crippen LogP contribution >= 0.6 is 0 Å². The Labute approximate surface area is 207 Å². The Kier molecular flexibility index (Phi) is 5.67. The number of aryl methyl sites for hydroxylation is 1. The summed E-state index contributed by atoms with van der Waals surface area (Å²) in [6.45, 7) is 3.65. The summed E-state index contributed by atoms with van der Waals surface area (Å²) >= 11 is 0. The highest BCUT2D eigenvalue weighted by Gasteiger charge is 2.28. The van der Waals surface area contributed by atoms with Gasteiger partial charge in [0.1, 0.15) is 11.2 Å². The number of benzene rings is 1. The zero-order valence-corrected chi connectivity index (χ0v) is 20.3. The molecule has 2 fully saturated rings. The number of hydrogen-bond donors (Lipinski definition) is 2. The molecule has 0 radical (unpaired) electrons. The van der Waals surface area contributed by atoms with E-state index in [9.17, 15) is 4.79 Å². The maximum Gasteiger partial charge on any atom is 0.258 e. The van der Waals surface area contributed by atoms with Gasteiger partial charge in [-0.15, -0.1) is 5.10 Å². The van der Waals surface area contributed by atoms with Crippen LogP contribution in [0.15, 0.2) is 36.8 Å². The molecule has 6 rings (SSSR count). The summed E-state index contributed by atoms with van der Waals surface area (Å²) < 4.78 is 21.8. The maximum atomic E-state index is 15.0. The van der Waals surface area contributed by atoms with Crippen LogP contribution in [-0.2, 0) is 0 Å². The van der Waals surface area contributed by atoms with E-state index in [2.05, 4.69) is 30.7 Å². The van der Waals surface area contributed by atoms with Crippen LogP contribution in [0.1, 0.15) is 41.7 Å². The number of amides is 1. The molecule has 2 N–H and O–H groups in total. The van der Waals surface area contributed by atoms with Crippen LogP contribution < -0.4 is 20.3 Å². The predicted molar refractivity (Wildman–Crippen MR) is 135 cm³/mol. The van der Waals surface area contributed by atoms with E-state index in [4.69, 9.17) is 4.74 Å². The quantitative estimate of drug-likeness (QED) is 0.426. The van der Waals surface area contributed by atoms with Crippen molar-refractivity contribution in [2.45, 2.75) is 44.7 Å². The highest BCUT2D eigenvalue weighted by atomic mass is 19.1. The average molecular weight is 490 g/mol. The Morgan fingerprint density at radius 2 is 1.89 bits per heavy atom. The van der Waals surface area contributed by atoms with E-state index in [1.165, 1.54) is 24.4 Å². The monoisotopic (exact) mass is 489 g/mol. The van der Waals surface area contributed by atoms with Gasteiger partial charge in [0.25, 0.3) is 5.91 Å². The van der Waals surface area contributed by atoms with Crippen molar-refractivity contribution >= 4 is 33.8 Å². The molecule has 1 aromatic carbocycles. The van der Waals surface area contributed by atoms with Crippen LogP contribution in [0.25, 0.3) is 16.6 Å². The molecule has 0 atom stereocenters. The van der Waals surface area contributed by atoms with Gasteiger partial charge in [0.2, 0.25) is 5.82 Å². The molecule has 0 bridgehead atoms. The van der Waals surface area contributed by atoms with Crippen LogP contribution in [0.3, 0.4) is 0 Å². The Hall–Kier alpha value is -3.79. The Bertz CT molecular complexity index is 1460. The lowest BCUT2D eigenvalue weighted by Gasteiger charge is -2.34. The zero-order valence-electron chi connectivity index (χ0n) is 20.3. The minimum Gasteiger partial charge on any atom is -0.491 e. The minimum absolute atomic E-state index is 0.0730. The number of pyridine rings is 1. The number of piperidine rings is 1. The molecular weight excluding hydrogens is 461 g/mol. The van der Waals surface area contributed by atoms with Crippen LogP contribution in [0.5, 0.6) is 5.75 Å². The number of hydrogen-bond acceptors (Lipinski definition) is 7. The lowest BCUT2D eigenvalue weighted by molar-refractivity contribution is 0.102. The van der Waals surface area contributed by atoms with E-state index in [1.54, 1.807) is 31.6 Å². The second kappa shape index (κ2) is 9.02. The summed E-state index contributed by atoms with van der Waals surface area (Å²) in [6.07, 6.45) is 9.68. The summed E-state index contributed by atoms with van der Waals surface area (Å²) in [5.41, 5.74) is 2.90. The van der Waals surface area contributed by atoms with Crippen molar-refractivity contribution in [1.29, 1.82) is 0 Å². The number of nitrogens with zero attached hydrogens (tertiary/aromatic N) is 5. The van der Waals surface area contributed by atoms with E-state index in [0.29, 0.717) is 28.9 Å². The molecule has 4 aromatic rings. The number of carbonyl (C=O) groups is 1. The number of imidazole rings is 1. The van der Waals surface area contributed by atoms with Gasteiger partial charge < -0.3 is 24.7 Å². The molecule has 4 heterocycles. The SMILES string of the molecule is COc1c(NC(=O)c2ccc(N3CCC(NC4CC4)CC3)c3ccnnc23)cn2cc(C)nc2c1F. The number of rotatable bonds is 6. The maximum absolute atomic E-state index is 15.0. The van der Waals surface area contributed by atoms with Gasteiger partial charge in [0, 0.05) is 48.6 Å². The Balaban J connectivity index is 1.29. The van der Waals surface area contributed by atoms with Gasteiger partial charge in [-0.05, 0) is 50.8 Å². The fraction of sp³-hybridized carbons (Fsp3) is 0.385. The van der Waals surface area contributed by atoms with E-state index < -0.39 is 11.7 Å². The number of anilines is 2. The van der Waals surface area contributed by atoms with Crippen LogP contribution in [0.4, 0.5) is 15.8 Å². The molecule has 1 aliphatic carbocycles. The number of methoxy groups -OCH3 is 1. The molecule has 2 aliphatic rings. The van der Waals surface area contributed by atoms with E-state index in [1.807, 2.05) is 12.1 Å². The first-order valence-electron chi connectivity index (χ1n) is 12.3. The third kappa shape index (κ3) is 4.11. The second-order valence-electron chi connectivity index (χ2n) is 9.59. The number of halogens is 1. The van der Waals surface area contributed by atoms with Crippen molar-refractivity contribution in [2.75, 3.05) is 30.4 Å². The standard InChI is InChI=1S/C26H28FN7O2/c1-15-13-34-14-20(24(36-2)22(27)25(34)29-15)31-26(35)19-5-6-21(18-7-10-28-32-23(18)19)33-11-8-17(9-12-33)30-16-3-4-16/h5-7,10,13-14,16-17,30H,3-4,8-9,11-12H2,1-2H3,(H,31,35). The second-order valence-corrected chi connectivity index (χ2v) is 9.59. The fourth-order valence-corrected chi connectivity index (χ4v) is 5.07. The highest BCUT2D eigenvalue weighted by molar-refractivity contribution is 6.14. The smallest absolute Gasteiger partial charge is 0.258 e. The number of fused-ring (bicyclic) bond motifs is 2. The number of carbonyl (C=O) groups excluding carboxylic acids is 1. The van der Waals surface area contributed by atoms with Crippen LogP contribution in [0, 0.1) is 12.7 Å². The zero-order chi connectivity index (χ0) is 24.8. The molecule has 0 unspecified atom stereocenters. The molecular formula is C26H28FN7O2. The molecule has 1 amide bonds. The molecule has 1 saturated heterocycles. The normalized spacial score (nSPS) is 16.6. The summed E-state index contributed by atoms with van der Waals surface area (Å²) in [5.74, 6) is -1.13. The van der Waals surface area contributed by atoms with Crippen molar-refractivity contribution in [3.05, 3.63) is 53.9 Å². The van der Waals surface area contributed by atoms with Gasteiger partial charge in [-0.3, -0.25) is 4.79 Å². The summed E-state index contributed by atoms with van der Waals surface area (Å²) in [6, 6.07) is 6.90. The number of aromatic nitrogens is 4. The minimum atomic E-state index is -0.636. The van der Waals surface area contributed by atoms with Crippen molar-refractivity contribution in [3.63, 3.8) is 0 Å². The lowest BCUT2D eigenvalue weighted by atomic mass is 10.0.